The molecule has 12 rings (SSSR count). The van der Waals surface area contributed by atoms with Crippen LogP contribution < -0.4 is 9.64 Å². The van der Waals surface area contributed by atoms with E-state index in [1.54, 1.807) is 0 Å². The van der Waals surface area contributed by atoms with Gasteiger partial charge in [0.15, 0.2) is 0 Å². The Balaban J connectivity index is 0.926. The van der Waals surface area contributed by atoms with E-state index in [0.717, 1.165) is 34.0 Å². The van der Waals surface area contributed by atoms with Gasteiger partial charge in [-0.3, -0.25) is 0 Å². The van der Waals surface area contributed by atoms with E-state index in [4.69, 9.17) is 4.74 Å². The summed E-state index contributed by atoms with van der Waals surface area (Å²) in [6.45, 7) is 0. The Morgan fingerprint density at radius 1 is 0.410 bits per heavy atom. The van der Waals surface area contributed by atoms with E-state index in [0.29, 0.717) is 0 Å². The van der Waals surface area contributed by atoms with Crippen LogP contribution in [0.25, 0.3) is 71.6 Å². The van der Waals surface area contributed by atoms with E-state index in [1.807, 2.05) is 0 Å². The smallest absolute Gasteiger partial charge is 0.148 e. The lowest BCUT2D eigenvalue weighted by molar-refractivity contribution is 0.268. The number of anilines is 3. The molecule has 0 saturated carbocycles. The number of hydrogen-bond donors (Lipinski definition) is 0. The molecule has 2 atom stereocenters. The average Bonchev–Trinajstić information content (AvgIpc) is 3.88. The molecule has 10 aromatic rings. The maximum Gasteiger partial charge on any atom is 0.148 e. The molecule has 0 saturated heterocycles. The molecule has 2 unspecified atom stereocenters. The predicted molar refractivity (Wildman–Crippen MR) is 255 cm³/mol. The van der Waals surface area contributed by atoms with Gasteiger partial charge in [-0.25, -0.2) is 0 Å². The van der Waals surface area contributed by atoms with Crippen LogP contribution in [0.15, 0.2) is 231 Å². The molecule has 2 heterocycles. The third kappa shape index (κ3) is 5.97. The van der Waals surface area contributed by atoms with Crippen LogP contribution in [0.5, 0.6) is 5.75 Å². The monoisotopic (exact) mass is 780 g/mol. The molecule has 0 radical (unpaired) electrons. The number of hydrogen-bond acceptors (Lipinski definition) is 2. The molecule has 0 amide bonds. The number of ether oxygens (including phenoxy) is 1. The molecular formula is C58H40N2O. The van der Waals surface area contributed by atoms with E-state index in [-0.39, 0.29) is 12.0 Å². The fraction of sp³-hybridized carbons (Fsp3) is 0.0345. The lowest BCUT2D eigenvalue weighted by atomic mass is 9.92. The summed E-state index contributed by atoms with van der Waals surface area (Å²) in [6, 6.07) is 74.8. The lowest BCUT2D eigenvalue weighted by Crippen LogP contribution is -2.15. The molecule has 1 aliphatic carbocycles. The van der Waals surface area contributed by atoms with Gasteiger partial charge in [-0.05, 0) is 106 Å². The van der Waals surface area contributed by atoms with Gasteiger partial charge in [-0.2, -0.15) is 0 Å². The van der Waals surface area contributed by atoms with E-state index in [2.05, 4.69) is 240 Å². The van der Waals surface area contributed by atoms with E-state index < -0.39 is 0 Å². The SMILES string of the molecule is C1=CC2Oc3c(cccc3-n3c4ccccc4c4cc(-c5ccc(N(c6ccc(-c7cccc(-c8ccccc8)c7)cc6)c6cccc7ccccc67)cc5)ccc43)C2C=C1. The second-order valence-electron chi connectivity index (χ2n) is 16.0. The van der Waals surface area contributed by atoms with Crippen molar-refractivity contribution in [3.05, 3.63) is 236 Å². The topological polar surface area (TPSA) is 17.4 Å². The highest BCUT2D eigenvalue weighted by atomic mass is 16.5. The molecule has 0 fully saturated rings. The maximum atomic E-state index is 6.66. The predicted octanol–water partition coefficient (Wildman–Crippen LogP) is 15.4. The standard InChI is InChI=1S/C58H40N2O/c1-2-13-39(14-3-1)43-17-10-18-44(37-43)40-27-32-46(33-28-40)59(53-24-11-16-42-15-4-5-19-48(42)53)47-34-29-41(30-35-47)45-31-36-55-52(38-45)49-20-6-8-23-54(49)60(55)56-25-12-22-51-50-21-7-9-26-57(50)61-58(51)56/h1-38,50,57H. The minimum absolute atomic E-state index is 0.0303. The van der Waals surface area contributed by atoms with Crippen LogP contribution in [0.4, 0.5) is 17.1 Å². The summed E-state index contributed by atoms with van der Waals surface area (Å²) in [5.74, 6) is 1.21. The maximum absolute atomic E-state index is 6.66. The van der Waals surface area contributed by atoms with Crippen LogP contribution in [0.2, 0.25) is 0 Å². The Kier molecular flexibility index (Phi) is 8.31. The highest BCUT2D eigenvalue weighted by molar-refractivity contribution is 6.11. The number of nitrogens with zero attached hydrogens (tertiary/aromatic N) is 2. The lowest BCUT2D eigenvalue weighted by Gasteiger charge is -2.27. The molecule has 288 valence electrons. The summed E-state index contributed by atoms with van der Waals surface area (Å²) in [5, 5.41) is 4.86. The number of rotatable bonds is 7. The Morgan fingerprint density at radius 3 is 1.77 bits per heavy atom. The normalized spacial score (nSPS) is 15.2. The number of benzene rings is 9. The minimum atomic E-state index is 0.0303. The van der Waals surface area contributed by atoms with Crippen molar-refractivity contribution in [2.24, 2.45) is 0 Å². The Labute approximate surface area is 355 Å². The largest absolute Gasteiger partial charge is 0.483 e. The molecule has 9 aromatic carbocycles. The third-order valence-corrected chi connectivity index (χ3v) is 12.5. The molecule has 2 aliphatic rings. The second-order valence-corrected chi connectivity index (χ2v) is 16.0. The zero-order chi connectivity index (χ0) is 40.3. The van der Waals surface area contributed by atoms with Crippen molar-refractivity contribution in [2.45, 2.75) is 12.0 Å². The fourth-order valence-electron chi connectivity index (χ4n) is 9.58. The first-order valence-corrected chi connectivity index (χ1v) is 21.1. The summed E-state index contributed by atoms with van der Waals surface area (Å²) in [5.41, 5.74) is 15.2. The first-order chi connectivity index (χ1) is 30.2. The summed E-state index contributed by atoms with van der Waals surface area (Å²) in [6.07, 6.45) is 8.68. The van der Waals surface area contributed by atoms with Gasteiger partial charge >= 0.3 is 0 Å². The molecule has 3 nitrogen and oxygen atoms in total. The minimum Gasteiger partial charge on any atom is -0.483 e. The van der Waals surface area contributed by atoms with Crippen molar-refractivity contribution in [3.63, 3.8) is 0 Å². The molecule has 61 heavy (non-hydrogen) atoms. The van der Waals surface area contributed by atoms with Crippen molar-refractivity contribution in [1.29, 1.82) is 0 Å². The van der Waals surface area contributed by atoms with Crippen LogP contribution >= 0.6 is 0 Å². The third-order valence-electron chi connectivity index (χ3n) is 12.5. The summed E-state index contributed by atoms with van der Waals surface area (Å²) >= 11 is 0. The van der Waals surface area contributed by atoms with Gasteiger partial charge in [0.2, 0.25) is 0 Å². The van der Waals surface area contributed by atoms with Crippen molar-refractivity contribution in [2.75, 3.05) is 4.90 Å². The molecular weight excluding hydrogens is 741 g/mol. The van der Waals surface area contributed by atoms with E-state index >= 15 is 0 Å². The van der Waals surface area contributed by atoms with E-state index in [9.17, 15) is 0 Å². The van der Waals surface area contributed by atoms with Gasteiger partial charge in [-0.1, -0.05) is 164 Å². The highest BCUT2D eigenvalue weighted by Gasteiger charge is 2.34. The van der Waals surface area contributed by atoms with Crippen LogP contribution in [0.3, 0.4) is 0 Å². The molecule has 3 heteroatoms. The van der Waals surface area contributed by atoms with Gasteiger partial charge in [0, 0.05) is 39.0 Å². The first-order valence-electron chi connectivity index (χ1n) is 21.1. The highest BCUT2D eigenvalue weighted by Crippen LogP contribution is 2.47. The molecule has 1 aromatic heterocycles. The average molecular weight is 781 g/mol. The molecule has 0 spiro atoms. The molecule has 1 aliphatic heterocycles. The van der Waals surface area contributed by atoms with Gasteiger partial charge < -0.3 is 14.2 Å². The van der Waals surface area contributed by atoms with Crippen molar-refractivity contribution in [1.82, 2.24) is 4.57 Å². The number of allylic oxidation sites excluding steroid dienone is 2. The summed E-state index contributed by atoms with van der Waals surface area (Å²) < 4.78 is 9.04. The van der Waals surface area contributed by atoms with Crippen molar-refractivity contribution >= 4 is 49.6 Å². The van der Waals surface area contributed by atoms with Crippen LogP contribution in [0, 0.1) is 0 Å². The van der Waals surface area contributed by atoms with Gasteiger partial charge in [0.05, 0.1) is 22.4 Å². The molecule has 0 bridgehead atoms. The van der Waals surface area contributed by atoms with Crippen LogP contribution in [0.1, 0.15) is 11.5 Å². The van der Waals surface area contributed by atoms with Gasteiger partial charge in [-0.15, -0.1) is 0 Å². The zero-order valence-corrected chi connectivity index (χ0v) is 33.4. The van der Waals surface area contributed by atoms with Gasteiger partial charge in [0.1, 0.15) is 11.9 Å². The van der Waals surface area contributed by atoms with E-state index in [1.165, 1.54) is 66.0 Å². The number of fused-ring (bicyclic) bond motifs is 7. The second kappa shape index (κ2) is 14.4. The summed E-state index contributed by atoms with van der Waals surface area (Å²) in [4.78, 5) is 2.38. The number of aromatic nitrogens is 1. The number of para-hydroxylation sites is 2. The Bertz CT molecular complexity index is 3330. The summed E-state index contributed by atoms with van der Waals surface area (Å²) in [7, 11) is 0. The Hall–Kier alpha value is -7.88. The van der Waals surface area contributed by atoms with Crippen LogP contribution in [-0.4, -0.2) is 10.7 Å². The quantitative estimate of drug-likeness (QED) is 0.160. The fourth-order valence-corrected chi connectivity index (χ4v) is 9.58. The van der Waals surface area contributed by atoms with Crippen LogP contribution in [-0.2, 0) is 0 Å². The van der Waals surface area contributed by atoms with Crippen molar-refractivity contribution in [3.8, 4) is 44.8 Å². The molecule has 0 N–H and O–H groups in total. The Morgan fingerprint density at radius 2 is 0.984 bits per heavy atom. The van der Waals surface area contributed by atoms with Crippen molar-refractivity contribution < 1.29 is 4.74 Å². The van der Waals surface area contributed by atoms with Gasteiger partial charge in [0.25, 0.3) is 0 Å². The zero-order valence-electron chi connectivity index (χ0n) is 33.4. The first kappa shape index (κ1) is 35.1.